The maximum absolute atomic E-state index is 9.63. The number of nitrogens with one attached hydrogen (secondary N) is 1. The average molecular weight is 331 g/mol. The third kappa shape index (κ3) is 2.43. The Morgan fingerprint density at radius 3 is 2.88 bits per heavy atom. The summed E-state index contributed by atoms with van der Waals surface area (Å²) in [6.07, 6.45) is 1.77. The highest BCUT2D eigenvalue weighted by molar-refractivity contribution is 7.19. The monoisotopic (exact) mass is 331 g/mol. The van der Waals surface area contributed by atoms with Crippen molar-refractivity contribution >= 4 is 43.7 Å². The Balaban J connectivity index is 1.84. The summed E-state index contributed by atoms with van der Waals surface area (Å²) in [5.41, 5.74) is 2.83. The normalized spacial score (nSPS) is 10.8. The van der Waals surface area contributed by atoms with E-state index in [1.165, 1.54) is 21.0 Å². The zero-order chi connectivity index (χ0) is 16.7. The van der Waals surface area contributed by atoms with Crippen LogP contribution in [0.25, 0.3) is 21.0 Å². The molecule has 0 saturated heterocycles. The van der Waals surface area contributed by atoms with Crippen molar-refractivity contribution in [1.29, 1.82) is 5.26 Å². The maximum Gasteiger partial charge on any atom is 0.133 e. The van der Waals surface area contributed by atoms with Crippen LogP contribution in [0.15, 0.2) is 48.7 Å². The van der Waals surface area contributed by atoms with Crippen molar-refractivity contribution in [2.24, 2.45) is 0 Å². The van der Waals surface area contributed by atoms with Gasteiger partial charge in [0.15, 0.2) is 0 Å². The van der Waals surface area contributed by atoms with Crippen LogP contribution in [0.5, 0.6) is 5.75 Å². The second kappa shape index (κ2) is 5.52. The van der Waals surface area contributed by atoms with E-state index < -0.39 is 0 Å². The largest absolute Gasteiger partial charge is 0.507 e. The van der Waals surface area contributed by atoms with E-state index in [2.05, 4.69) is 35.4 Å². The van der Waals surface area contributed by atoms with Gasteiger partial charge >= 0.3 is 0 Å². The van der Waals surface area contributed by atoms with Gasteiger partial charge in [-0.05, 0) is 54.8 Å². The van der Waals surface area contributed by atoms with Gasteiger partial charge < -0.3 is 10.4 Å². The minimum atomic E-state index is -0.0154. The molecule has 4 aromatic rings. The molecule has 2 aromatic heterocycles. The van der Waals surface area contributed by atoms with Crippen LogP contribution >= 0.6 is 11.3 Å². The number of aryl methyl sites for hydroxylation is 1. The van der Waals surface area contributed by atoms with Crippen molar-refractivity contribution in [2.45, 2.75) is 6.92 Å². The fourth-order valence-corrected chi connectivity index (χ4v) is 3.73. The number of nitrogens with zero attached hydrogens (tertiary/aromatic N) is 2. The van der Waals surface area contributed by atoms with Crippen molar-refractivity contribution < 1.29 is 5.11 Å². The highest BCUT2D eigenvalue weighted by atomic mass is 32.1. The van der Waals surface area contributed by atoms with E-state index in [0.29, 0.717) is 0 Å². The van der Waals surface area contributed by atoms with Crippen LogP contribution in [0.3, 0.4) is 0 Å². The highest BCUT2D eigenvalue weighted by Crippen LogP contribution is 2.33. The highest BCUT2D eigenvalue weighted by Gasteiger charge is 2.08. The van der Waals surface area contributed by atoms with Gasteiger partial charge in [0, 0.05) is 32.5 Å². The summed E-state index contributed by atoms with van der Waals surface area (Å²) in [6.45, 7) is 2.10. The summed E-state index contributed by atoms with van der Waals surface area (Å²) in [5, 5.41) is 24.2. The number of phenolic OH excluding ortho intramolecular Hbond substituents is 1. The topological polar surface area (TPSA) is 68.9 Å². The van der Waals surface area contributed by atoms with Gasteiger partial charge in [-0.1, -0.05) is 0 Å². The van der Waals surface area contributed by atoms with E-state index >= 15 is 0 Å². The first kappa shape index (κ1) is 14.5. The van der Waals surface area contributed by atoms with Crippen molar-refractivity contribution in [1.82, 2.24) is 4.98 Å². The van der Waals surface area contributed by atoms with E-state index in [9.17, 15) is 5.11 Å². The summed E-state index contributed by atoms with van der Waals surface area (Å²) in [7, 11) is 0. The minimum absolute atomic E-state index is 0.0154. The van der Waals surface area contributed by atoms with Crippen molar-refractivity contribution in [3.05, 3.63) is 59.1 Å². The molecule has 0 spiro atoms. The van der Waals surface area contributed by atoms with Gasteiger partial charge in [0.1, 0.15) is 11.8 Å². The predicted octanol–water partition coefficient (Wildman–Crippen LogP) is 5.08. The number of nitriles is 1. The molecule has 5 heteroatoms. The van der Waals surface area contributed by atoms with Gasteiger partial charge in [-0.25, -0.2) is 0 Å². The molecule has 0 amide bonds. The van der Waals surface area contributed by atoms with E-state index in [1.807, 2.05) is 12.1 Å². The van der Waals surface area contributed by atoms with Gasteiger partial charge in [-0.2, -0.15) is 5.26 Å². The number of hydrogen-bond acceptors (Lipinski definition) is 5. The lowest BCUT2D eigenvalue weighted by Crippen LogP contribution is -1.93. The number of aromatic hydroxyl groups is 1. The van der Waals surface area contributed by atoms with E-state index in [-0.39, 0.29) is 11.3 Å². The number of phenols is 1. The zero-order valence-electron chi connectivity index (χ0n) is 12.9. The van der Waals surface area contributed by atoms with Crippen molar-refractivity contribution in [2.75, 3.05) is 5.32 Å². The quantitative estimate of drug-likeness (QED) is 0.503. The predicted molar refractivity (Wildman–Crippen MR) is 98.0 cm³/mol. The van der Waals surface area contributed by atoms with Gasteiger partial charge in [-0.3, -0.25) is 4.98 Å². The maximum atomic E-state index is 9.63. The summed E-state index contributed by atoms with van der Waals surface area (Å²) >= 11 is 1.76. The average Bonchev–Trinajstić information content (AvgIpc) is 2.94. The Hall–Kier alpha value is -3.10. The first-order valence-electron chi connectivity index (χ1n) is 7.43. The van der Waals surface area contributed by atoms with E-state index in [4.69, 9.17) is 5.26 Å². The number of rotatable bonds is 2. The lowest BCUT2D eigenvalue weighted by atomic mass is 10.1. The van der Waals surface area contributed by atoms with E-state index in [1.54, 1.807) is 29.7 Å². The lowest BCUT2D eigenvalue weighted by molar-refractivity contribution is 0.473. The summed E-state index contributed by atoms with van der Waals surface area (Å²) < 4.78 is 1.22. The summed E-state index contributed by atoms with van der Waals surface area (Å²) in [6, 6.07) is 15.2. The molecule has 24 heavy (non-hydrogen) atoms. The molecule has 2 N–H and O–H groups in total. The first-order valence-corrected chi connectivity index (χ1v) is 8.25. The third-order valence-corrected chi connectivity index (χ3v) is 4.91. The number of fused-ring (bicyclic) bond motifs is 2. The molecule has 0 bridgehead atoms. The van der Waals surface area contributed by atoms with Crippen LogP contribution in [0.2, 0.25) is 0 Å². The smallest absolute Gasteiger partial charge is 0.133 e. The molecule has 4 nitrogen and oxygen atoms in total. The van der Waals surface area contributed by atoms with Gasteiger partial charge in [-0.15, -0.1) is 11.3 Å². The molecule has 2 heterocycles. The molecule has 4 rings (SSSR count). The molecule has 0 unspecified atom stereocenters. The minimum Gasteiger partial charge on any atom is -0.507 e. The number of thiophene rings is 1. The molecular weight excluding hydrogens is 318 g/mol. The Bertz CT molecular complexity index is 1120. The molecule has 116 valence electrons. The summed E-state index contributed by atoms with van der Waals surface area (Å²) in [4.78, 5) is 5.73. The number of aromatic nitrogens is 1. The van der Waals surface area contributed by atoms with Crippen LogP contribution < -0.4 is 5.32 Å². The molecule has 2 aromatic carbocycles. The number of anilines is 2. The molecule has 0 fully saturated rings. The zero-order valence-corrected chi connectivity index (χ0v) is 13.7. The van der Waals surface area contributed by atoms with Crippen molar-refractivity contribution in [3.8, 4) is 11.8 Å². The molecule has 0 aliphatic carbocycles. The Labute approximate surface area is 142 Å². The fourth-order valence-electron chi connectivity index (χ4n) is 2.78. The van der Waals surface area contributed by atoms with Gasteiger partial charge in [0.25, 0.3) is 0 Å². The Morgan fingerprint density at radius 2 is 2.04 bits per heavy atom. The molecule has 0 radical (unpaired) electrons. The third-order valence-electron chi connectivity index (χ3n) is 3.90. The second-order valence-corrected chi connectivity index (χ2v) is 6.88. The van der Waals surface area contributed by atoms with Crippen LogP contribution in [0.1, 0.15) is 10.4 Å². The Morgan fingerprint density at radius 1 is 1.17 bits per heavy atom. The van der Waals surface area contributed by atoms with Gasteiger partial charge in [0.2, 0.25) is 0 Å². The SMILES string of the molecule is Cc1cc2cc3nccc(Nc4ccc(O)c(C#N)c4)c3cc2s1. The molecule has 0 aliphatic heterocycles. The first-order chi connectivity index (χ1) is 11.6. The van der Waals surface area contributed by atoms with Crippen LogP contribution in [-0.2, 0) is 0 Å². The molecule has 0 aliphatic rings. The van der Waals surface area contributed by atoms with Crippen LogP contribution in [0, 0.1) is 18.3 Å². The molecule has 0 atom stereocenters. The Kier molecular flexibility index (Phi) is 3.33. The van der Waals surface area contributed by atoms with Gasteiger partial charge in [0.05, 0.1) is 11.1 Å². The molecule has 0 saturated carbocycles. The van der Waals surface area contributed by atoms with Crippen LogP contribution in [-0.4, -0.2) is 10.1 Å². The molecular formula is C19H13N3OS. The number of benzene rings is 2. The van der Waals surface area contributed by atoms with Crippen molar-refractivity contribution in [3.63, 3.8) is 0 Å². The lowest BCUT2D eigenvalue weighted by Gasteiger charge is -2.10. The fraction of sp³-hybridized carbons (Fsp3) is 0.0526. The standard InChI is InChI=1S/C19H13N3OS/c1-11-6-12-8-17-15(9-19(12)24-11)16(4-5-21-17)22-14-2-3-18(23)13(7-14)10-20/h2-9,23H,1H3,(H,21,22). The number of hydrogen-bond donors (Lipinski definition) is 2. The number of pyridine rings is 1. The second-order valence-electron chi connectivity index (χ2n) is 5.59. The van der Waals surface area contributed by atoms with Crippen LogP contribution in [0.4, 0.5) is 11.4 Å². The van der Waals surface area contributed by atoms with E-state index in [0.717, 1.165) is 22.3 Å². The summed E-state index contributed by atoms with van der Waals surface area (Å²) in [5.74, 6) is -0.0154.